The van der Waals surface area contributed by atoms with E-state index in [1.54, 1.807) is 6.20 Å². The molecule has 5 nitrogen and oxygen atoms in total. The van der Waals surface area contributed by atoms with Gasteiger partial charge in [-0.1, -0.05) is 24.3 Å². The van der Waals surface area contributed by atoms with E-state index in [1.165, 1.54) is 11.1 Å². The Hall–Kier alpha value is -2.97. The van der Waals surface area contributed by atoms with Crippen molar-refractivity contribution < 1.29 is 5.11 Å². The number of pyridine rings is 1. The molecule has 122 valence electrons. The van der Waals surface area contributed by atoms with Crippen molar-refractivity contribution >= 4 is 0 Å². The van der Waals surface area contributed by atoms with E-state index in [-0.39, 0.29) is 12.0 Å². The lowest BCUT2D eigenvalue weighted by Crippen LogP contribution is -2.29. The third-order valence-electron chi connectivity index (χ3n) is 5.49. The van der Waals surface area contributed by atoms with E-state index in [1.807, 2.05) is 30.7 Å². The predicted molar refractivity (Wildman–Crippen MR) is 91.5 cm³/mol. The maximum absolute atomic E-state index is 11.1. The van der Waals surface area contributed by atoms with Crippen molar-refractivity contribution in [2.24, 2.45) is 5.92 Å². The van der Waals surface area contributed by atoms with Gasteiger partial charge in [-0.15, -0.1) is 0 Å². The topological polar surface area (TPSA) is 74.7 Å². The number of nitriles is 1. The van der Waals surface area contributed by atoms with Gasteiger partial charge in [0.15, 0.2) is 0 Å². The molecule has 0 saturated heterocycles. The molecule has 3 heterocycles. The molecule has 2 aromatic heterocycles. The Kier molecular flexibility index (Phi) is 3.03. The largest absolute Gasteiger partial charge is 0.386 e. The third-order valence-corrected chi connectivity index (χ3v) is 5.49. The number of fused-ring (bicyclic) bond motifs is 4. The highest BCUT2D eigenvalue weighted by Gasteiger charge is 2.41. The zero-order valence-corrected chi connectivity index (χ0v) is 13.5. The number of hydrogen-bond donors (Lipinski definition) is 1. The molecule has 0 spiro atoms. The molecular weight excluding hydrogens is 312 g/mol. The standard InChI is InChI=1S/C20H16N4O/c21-8-12-7-13-5-6-16(20(25)18(13)23-9-12)19-15-4-2-1-3-14(15)17-10-22-11-24(17)19/h1-4,7,9-11,16,19-20,25H,5-6H2/t16-,19?,20-/m0/s1. The van der Waals surface area contributed by atoms with E-state index in [0.717, 1.165) is 24.1 Å². The monoisotopic (exact) mass is 328 g/mol. The number of nitrogens with zero attached hydrogens (tertiary/aromatic N) is 4. The van der Waals surface area contributed by atoms with Crippen molar-refractivity contribution in [1.29, 1.82) is 5.26 Å². The van der Waals surface area contributed by atoms with Gasteiger partial charge in [0.25, 0.3) is 0 Å². The van der Waals surface area contributed by atoms with Crippen LogP contribution >= 0.6 is 0 Å². The van der Waals surface area contributed by atoms with Crippen molar-refractivity contribution in [2.75, 3.05) is 0 Å². The van der Waals surface area contributed by atoms with Crippen LogP contribution in [0.1, 0.15) is 41.0 Å². The van der Waals surface area contributed by atoms with E-state index >= 15 is 0 Å². The fourth-order valence-electron chi connectivity index (χ4n) is 4.37. The fraction of sp³-hybridized carbons (Fsp3) is 0.250. The van der Waals surface area contributed by atoms with Crippen LogP contribution in [0.15, 0.2) is 49.1 Å². The maximum Gasteiger partial charge on any atom is 0.101 e. The third kappa shape index (κ3) is 1.98. The molecule has 25 heavy (non-hydrogen) atoms. The minimum atomic E-state index is -0.650. The molecule has 5 rings (SSSR count). The summed E-state index contributed by atoms with van der Waals surface area (Å²) in [5, 5.41) is 20.1. The average Bonchev–Trinajstić information content (AvgIpc) is 3.23. The SMILES string of the molecule is N#Cc1cnc2c(c1)CC[C@@H](C1c3ccccc3-c3cncn31)[C@@H]2O. The Morgan fingerprint density at radius 2 is 2.12 bits per heavy atom. The Balaban J connectivity index is 1.60. The molecule has 0 amide bonds. The number of aliphatic hydroxyl groups excluding tert-OH is 1. The number of aromatic nitrogens is 3. The molecule has 0 saturated carbocycles. The van der Waals surface area contributed by atoms with Crippen LogP contribution in [0.4, 0.5) is 0 Å². The van der Waals surface area contributed by atoms with Crippen LogP contribution in [0.3, 0.4) is 0 Å². The van der Waals surface area contributed by atoms with Crippen molar-refractivity contribution in [3.05, 3.63) is 71.4 Å². The number of imidazole rings is 1. The van der Waals surface area contributed by atoms with Crippen molar-refractivity contribution in [3.63, 3.8) is 0 Å². The number of hydrogen-bond acceptors (Lipinski definition) is 4. The number of benzene rings is 1. The molecule has 1 unspecified atom stereocenters. The van der Waals surface area contributed by atoms with E-state index in [9.17, 15) is 5.11 Å². The lowest BCUT2D eigenvalue weighted by molar-refractivity contribution is 0.0679. The summed E-state index contributed by atoms with van der Waals surface area (Å²) < 4.78 is 2.17. The normalized spacial score (nSPS) is 23.4. The van der Waals surface area contributed by atoms with Gasteiger partial charge in [-0.2, -0.15) is 5.26 Å². The van der Waals surface area contributed by atoms with Crippen molar-refractivity contribution in [3.8, 4) is 17.3 Å². The minimum Gasteiger partial charge on any atom is -0.386 e. The van der Waals surface area contributed by atoms with Gasteiger partial charge in [0.2, 0.25) is 0 Å². The highest BCUT2D eigenvalue weighted by Crippen LogP contribution is 2.49. The Morgan fingerprint density at radius 1 is 1.24 bits per heavy atom. The lowest BCUT2D eigenvalue weighted by atomic mass is 9.77. The van der Waals surface area contributed by atoms with Gasteiger partial charge >= 0.3 is 0 Å². The fourth-order valence-corrected chi connectivity index (χ4v) is 4.37. The first-order chi connectivity index (χ1) is 12.3. The highest BCUT2D eigenvalue weighted by molar-refractivity contribution is 5.69. The first-order valence-corrected chi connectivity index (χ1v) is 8.46. The summed E-state index contributed by atoms with van der Waals surface area (Å²) in [4.78, 5) is 8.70. The molecule has 1 N–H and O–H groups in total. The summed E-state index contributed by atoms with van der Waals surface area (Å²) >= 11 is 0. The molecule has 3 aromatic rings. The van der Waals surface area contributed by atoms with E-state index in [2.05, 4.69) is 32.7 Å². The molecule has 5 heteroatoms. The van der Waals surface area contributed by atoms with Crippen molar-refractivity contribution in [1.82, 2.24) is 14.5 Å². The second-order valence-electron chi connectivity index (χ2n) is 6.75. The first-order valence-electron chi connectivity index (χ1n) is 8.46. The Bertz CT molecular complexity index is 1020. The van der Waals surface area contributed by atoms with Gasteiger partial charge in [-0.05, 0) is 30.0 Å². The Labute approximate surface area is 145 Å². The summed E-state index contributed by atoms with van der Waals surface area (Å²) in [7, 11) is 0. The summed E-state index contributed by atoms with van der Waals surface area (Å²) in [6, 6.07) is 12.4. The molecule has 1 aliphatic heterocycles. The Morgan fingerprint density at radius 3 is 3.00 bits per heavy atom. The summed E-state index contributed by atoms with van der Waals surface area (Å²) in [5.41, 5.74) is 5.77. The lowest BCUT2D eigenvalue weighted by Gasteiger charge is -2.34. The van der Waals surface area contributed by atoms with E-state index < -0.39 is 6.10 Å². The summed E-state index contributed by atoms with van der Waals surface area (Å²) in [6.07, 6.45) is 6.32. The maximum atomic E-state index is 11.1. The molecule has 3 atom stereocenters. The minimum absolute atomic E-state index is 0.0320. The van der Waals surface area contributed by atoms with Crippen LogP contribution in [0.25, 0.3) is 11.3 Å². The summed E-state index contributed by atoms with van der Waals surface area (Å²) in [5.74, 6) is 0.0320. The molecule has 0 radical (unpaired) electrons. The van der Waals surface area contributed by atoms with Gasteiger partial charge < -0.3 is 9.67 Å². The first kappa shape index (κ1) is 14.4. The molecule has 2 aliphatic rings. The molecular formula is C20H16N4O. The van der Waals surface area contributed by atoms with Gasteiger partial charge in [0.1, 0.15) is 12.2 Å². The van der Waals surface area contributed by atoms with Crippen LogP contribution in [-0.2, 0) is 6.42 Å². The van der Waals surface area contributed by atoms with Gasteiger partial charge in [0.05, 0.1) is 35.5 Å². The number of aryl methyl sites for hydroxylation is 1. The van der Waals surface area contributed by atoms with Crippen LogP contribution in [0, 0.1) is 17.2 Å². The van der Waals surface area contributed by atoms with E-state index in [4.69, 9.17) is 5.26 Å². The zero-order valence-electron chi connectivity index (χ0n) is 13.5. The van der Waals surface area contributed by atoms with Gasteiger partial charge in [-0.3, -0.25) is 4.98 Å². The second kappa shape index (κ2) is 5.27. The molecule has 1 aromatic carbocycles. The summed E-state index contributed by atoms with van der Waals surface area (Å²) in [6.45, 7) is 0. The molecule has 0 bridgehead atoms. The highest BCUT2D eigenvalue weighted by atomic mass is 16.3. The van der Waals surface area contributed by atoms with E-state index in [0.29, 0.717) is 11.3 Å². The van der Waals surface area contributed by atoms with Crippen LogP contribution in [-0.4, -0.2) is 19.6 Å². The number of aliphatic hydroxyl groups is 1. The molecule has 0 fully saturated rings. The van der Waals surface area contributed by atoms with Crippen LogP contribution < -0.4 is 0 Å². The van der Waals surface area contributed by atoms with Gasteiger partial charge in [0, 0.05) is 17.7 Å². The predicted octanol–water partition coefficient (Wildman–Crippen LogP) is 3.02. The van der Waals surface area contributed by atoms with Crippen LogP contribution in [0.2, 0.25) is 0 Å². The second-order valence-corrected chi connectivity index (χ2v) is 6.75. The van der Waals surface area contributed by atoms with Gasteiger partial charge in [-0.25, -0.2) is 4.98 Å². The average molecular weight is 328 g/mol. The van der Waals surface area contributed by atoms with Crippen LogP contribution in [0.5, 0.6) is 0 Å². The molecule has 1 aliphatic carbocycles. The van der Waals surface area contributed by atoms with Crippen molar-refractivity contribution in [2.45, 2.75) is 25.0 Å². The number of rotatable bonds is 1. The zero-order chi connectivity index (χ0) is 17.0. The smallest absolute Gasteiger partial charge is 0.101 e. The quantitative estimate of drug-likeness (QED) is 0.745.